The average molecular weight is 247 g/mol. The van der Waals surface area contributed by atoms with E-state index in [0.29, 0.717) is 6.61 Å². The van der Waals surface area contributed by atoms with Crippen molar-refractivity contribution in [2.24, 2.45) is 5.73 Å². The van der Waals surface area contributed by atoms with Crippen LogP contribution in [-0.4, -0.2) is 5.79 Å². The van der Waals surface area contributed by atoms with E-state index >= 15 is 0 Å². The van der Waals surface area contributed by atoms with Crippen molar-refractivity contribution in [2.75, 3.05) is 0 Å². The van der Waals surface area contributed by atoms with E-state index in [1.807, 2.05) is 13.8 Å². The van der Waals surface area contributed by atoms with Gasteiger partial charge in [-0.3, -0.25) is 0 Å². The molecule has 1 aromatic rings. The van der Waals surface area contributed by atoms with Gasteiger partial charge in [-0.05, 0) is 12.8 Å². The summed E-state index contributed by atoms with van der Waals surface area (Å²) in [6, 6.07) is 6.24. The van der Waals surface area contributed by atoms with Gasteiger partial charge in [0.1, 0.15) is 5.75 Å². The maximum atomic E-state index is 6.57. The lowest BCUT2D eigenvalue weighted by atomic mass is 9.87. The molecule has 3 nitrogen and oxygen atoms in total. The van der Waals surface area contributed by atoms with E-state index in [4.69, 9.17) is 15.2 Å². The molecule has 3 rings (SSSR count). The van der Waals surface area contributed by atoms with Crippen molar-refractivity contribution in [3.63, 3.8) is 0 Å². The van der Waals surface area contributed by atoms with Gasteiger partial charge in [-0.2, -0.15) is 0 Å². The highest BCUT2D eigenvalue weighted by Crippen LogP contribution is 2.44. The predicted octanol–water partition coefficient (Wildman–Crippen LogP) is 3.06. The van der Waals surface area contributed by atoms with Crippen LogP contribution in [0.25, 0.3) is 0 Å². The molecule has 0 radical (unpaired) electrons. The number of fused-ring (bicyclic) bond motifs is 1. The Morgan fingerprint density at radius 1 is 1.17 bits per heavy atom. The number of para-hydroxylation sites is 1. The summed E-state index contributed by atoms with van der Waals surface area (Å²) < 4.78 is 11.7. The molecule has 1 aliphatic heterocycles. The largest absolute Gasteiger partial charge is 0.462 e. The first kappa shape index (κ1) is 12.0. The minimum absolute atomic E-state index is 0.210. The van der Waals surface area contributed by atoms with Crippen LogP contribution in [0.15, 0.2) is 18.2 Å². The van der Waals surface area contributed by atoms with Gasteiger partial charge in [-0.15, -0.1) is 0 Å². The molecule has 0 unspecified atom stereocenters. The molecule has 2 aliphatic rings. The minimum Gasteiger partial charge on any atom is -0.462 e. The van der Waals surface area contributed by atoms with Crippen molar-refractivity contribution >= 4 is 0 Å². The SMILES string of the molecule is CC1(C)OCc2cccc(C3(N)CCCC3)c2O1. The Morgan fingerprint density at radius 3 is 2.61 bits per heavy atom. The normalized spacial score (nSPS) is 24.4. The molecule has 1 fully saturated rings. The lowest BCUT2D eigenvalue weighted by molar-refractivity contribution is -0.180. The Balaban J connectivity index is 2.06. The highest BCUT2D eigenvalue weighted by Gasteiger charge is 2.37. The molecule has 1 aromatic carbocycles. The average Bonchev–Trinajstić information content (AvgIpc) is 2.75. The molecule has 1 heterocycles. The molecule has 3 heteroatoms. The second-order valence-electron chi connectivity index (χ2n) is 5.95. The van der Waals surface area contributed by atoms with Crippen LogP contribution in [0.5, 0.6) is 5.75 Å². The van der Waals surface area contributed by atoms with Crippen molar-refractivity contribution in [3.8, 4) is 5.75 Å². The van der Waals surface area contributed by atoms with Gasteiger partial charge in [-0.1, -0.05) is 31.0 Å². The zero-order chi connectivity index (χ0) is 12.8. The van der Waals surface area contributed by atoms with Crippen LogP contribution < -0.4 is 10.5 Å². The first-order chi connectivity index (χ1) is 8.50. The molecule has 0 amide bonds. The fraction of sp³-hybridized carbons (Fsp3) is 0.600. The van der Waals surface area contributed by atoms with E-state index in [0.717, 1.165) is 29.7 Å². The van der Waals surface area contributed by atoms with Crippen molar-refractivity contribution in [3.05, 3.63) is 29.3 Å². The van der Waals surface area contributed by atoms with Crippen molar-refractivity contribution in [1.29, 1.82) is 0 Å². The summed E-state index contributed by atoms with van der Waals surface area (Å²) in [6.45, 7) is 4.50. The number of rotatable bonds is 1. The predicted molar refractivity (Wildman–Crippen MR) is 70.3 cm³/mol. The fourth-order valence-corrected chi connectivity index (χ4v) is 3.01. The summed E-state index contributed by atoms with van der Waals surface area (Å²) in [4.78, 5) is 0. The summed E-state index contributed by atoms with van der Waals surface area (Å²) in [5.74, 6) is 0.399. The maximum absolute atomic E-state index is 6.57. The number of hydrogen-bond acceptors (Lipinski definition) is 3. The molecule has 0 bridgehead atoms. The Labute approximate surface area is 108 Å². The van der Waals surface area contributed by atoms with Crippen LogP contribution in [0.4, 0.5) is 0 Å². The van der Waals surface area contributed by atoms with Crippen LogP contribution in [0.3, 0.4) is 0 Å². The van der Waals surface area contributed by atoms with Gasteiger partial charge in [0, 0.05) is 30.5 Å². The molecule has 98 valence electrons. The van der Waals surface area contributed by atoms with Crippen LogP contribution in [0.2, 0.25) is 0 Å². The highest BCUT2D eigenvalue weighted by molar-refractivity contribution is 5.46. The lowest BCUT2D eigenvalue weighted by Gasteiger charge is -2.36. The van der Waals surface area contributed by atoms with Crippen LogP contribution in [-0.2, 0) is 16.9 Å². The minimum atomic E-state index is -0.557. The van der Waals surface area contributed by atoms with Gasteiger partial charge < -0.3 is 15.2 Å². The summed E-state index contributed by atoms with van der Waals surface area (Å²) in [7, 11) is 0. The summed E-state index contributed by atoms with van der Waals surface area (Å²) >= 11 is 0. The standard InChI is InChI=1S/C15H21NO2/c1-14(2)17-10-11-6-5-7-12(13(11)18-14)15(16)8-3-4-9-15/h5-7H,3-4,8-10,16H2,1-2H3. The van der Waals surface area contributed by atoms with Crippen LogP contribution in [0, 0.1) is 0 Å². The summed E-state index contributed by atoms with van der Waals surface area (Å²) in [5, 5.41) is 0. The van der Waals surface area contributed by atoms with Crippen molar-refractivity contribution in [2.45, 2.75) is 57.5 Å². The molecule has 1 aliphatic carbocycles. The van der Waals surface area contributed by atoms with E-state index in [1.54, 1.807) is 0 Å². The molecule has 2 N–H and O–H groups in total. The Bertz CT molecular complexity index is 462. The molecule has 18 heavy (non-hydrogen) atoms. The van der Waals surface area contributed by atoms with Gasteiger partial charge in [0.05, 0.1) is 6.61 Å². The number of ether oxygens (including phenoxy) is 2. The lowest BCUT2D eigenvalue weighted by Crippen LogP contribution is -2.39. The monoisotopic (exact) mass is 247 g/mol. The van der Waals surface area contributed by atoms with Gasteiger partial charge in [0.2, 0.25) is 5.79 Å². The Hall–Kier alpha value is -1.06. The van der Waals surface area contributed by atoms with Crippen molar-refractivity contribution < 1.29 is 9.47 Å². The topological polar surface area (TPSA) is 44.5 Å². The molecule has 0 spiro atoms. The molecular formula is C15H21NO2. The number of nitrogens with two attached hydrogens (primary N) is 1. The van der Waals surface area contributed by atoms with E-state index in [2.05, 4.69) is 18.2 Å². The first-order valence-electron chi connectivity index (χ1n) is 6.74. The Morgan fingerprint density at radius 2 is 1.89 bits per heavy atom. The smallest absolute Gasteiger partial charge is 0.205 e. The second kappa shape index (κ2) is 3.97. The first-order valence-corrected chi connectivity index (χ1v) is 6.74. The quantitative estimate of drug-likeness (QED) is 0.829. The van der Waals surface area contributed by atoms with E-state index in [9.17, 15) is 0 Å². The van der Waals surface area contributed by atoms with Gasteiger partial charge in [0.25, 0.3) is 0 Å². The van der Waals surface area contributed by atoms with Crippen molar-refractivity contribution in [1.82, 2.24) is 0 Å². The van der Waals surface area contributed by atoms with Crippen LogP contribution in [0.1, 0.15) is 50.7 Å². The van der Waals surface area contributed by atoms with Gasteiger partial charge in [0.15, 0.2) is 0 Å². The van der Waals surface area contributed by atoms with E-state index in [-0.39, 0.29) is 5.54 Å². The summed E-state index contributed by atoms with van der Waals surface area (Å²) in [6.07, 6.45) is 4.52. The fourth-order valence-electron chi connectivity index (χ4n) is 3.01. The molecule has 0 atom stereocenters. The van der Waals surface area contributed by atoms with Gasteiger partial charge in [-0.25, -0.2) is 0 Å². The van der Waals surface area contributed by atoms with E-state index in [1.165, 1.54) is 12.8 Å². The molecule has 1 saturated carbocycles. The van der Waals surface area contributed by atoms with E-state index < -0.39 is 5.79 Å². The molecule has 0 saturated heterocycles. The number of benzene rings is 1. The van der Waals surface area contributed by atoms with Crippen LogP contribution >= 0.6 is 0 Å². The molecule has 0 aromatic heterocycles. The number of hydrogen-bond donors (Lipinski definition) is 1. The second-order valence-corrected chi connectivity index (χ2v) is 5.95. The third kappa shape index (κ3) is 1.91. The highest BCUT2D eigenvalue weighted by atomic mass is 16.7. The Kier molecular flexibility index (Phi) is 2.65. The zero-order valence-corrected chi connectivity index (χ0v) is 11.2. The maximum Gasteiger partial charge on any atom is 0.205 e. The third-order valence-electron chi connectivity index (χ3n) is 4.05. The third-order valence-corrected chi connectivity index (χ3v) is 4.05. The summed E-state index contributed by atoms with van der Waals surface area (Å²) in [5.41, 5.74) is 8.64. The molecular weight excluding hydrogens is 226 g/mol. The van der Waals surface area contributed by atoms with Gasteiger partial charge >= 0.3 is 0 Å². The zero-order valence-electron chi connectivity index (χ0n) is 11.2.